The van der Waals surface area contributed by atoms with Gasteiger partial charge in [0.25, 0.3) is 0 Å². The number of rotatable bonds is 4. The lowest BCUT2D eigenvalue weighted by molar-refractivity contribution is 0.751. The first kappa shape index (κ1) is 14.4. The summed E-state index contributed by atoms with van der Waals surface area (Å²) >= 11 is 12.0. The second kappa shape index (κ2) is 6.04. The molecule has 3 aromatic rings. The Labute approximate surface area is 133 Å². The highest BCUT2D eigenvalue weighted by molar-refractivity contribution is 6.31. The van der Waals surface area contributed by atoms with Crippen LogP contribution in [0.15, 0.2) is 36.5 Å². The number of aromatic nitrogens is 3. The van der Waals surface area contributed by atoms with E-state index in [1.807, 2.05) is 37.4 Å². The van der Waals surface area contributed by atoms with Crippen molar-refractivity contribution in [3.63, 3.8) is 0 Å². The molecule has 2 heterocycles. The van der Waals surface area contributed by atoms with Crippen LogP contribution in [0.25, 0.3) is 11.0 Å². The van der Waals surface area contributed by atoms with Gasteiger partial charge in [-0.2, -0.15) is 0 Å². The number of pyridine rings is 1. The summed E-state index contributed by atoms with van der Waals surface area (Å²) in [5.41, 5.74) is 4.12. The van der Waals surface area contributed by atoms with Crippen LogP contribution >= 0.6 is 23.2 Å². The predicted octanol–water partition coefficient (Wildman–Crippen LogP) is 4.22. The van der Waals surface area contributed by atoms with Gasteiger partial charge in [0.1, 0.15) is 5.82 Å². The quantitative estimate of drug-likeness (QED) is 0.674. The van der Waals surface area contributed by atoms with Gasteiger partial charge in [-0.25, -0.2) is 4.98 Å². The van der Waals surface area contributed by atoms with Crippen molar-refractivity contribution in [1.82, 2.24) is 14.5 Å². The van der Waals surface area contributed by atoms with Crippen molar-refractivity contribution >= 4 is 34.2 Å². The number of benzene rings is 1. The molecule has 0 amide bonds. The molecule has 0 aliphatic rings. The lowest BCUT2D eigenvalue weighted by atomic mass is 10.2. The first-order valence-corrected chi connectivity index (χ1v) is 7.71. The Kier molecular flexibility index (Phi) is 4.13. The molecule has 5 heteroatoms. The first-order chi connectivity index (χ1) is 10.2. The molecular weight excluding hydrogens is 305 g/mol. The largest absolute Gasteiger partial charge is 0.323 e. The van der Waals surface area contributed by atoms with Gasteiger partial charge < -0.3 is 4.57 Å². The van der Waals surface area contributed by atoms with E-state index >= 15 is 0 Å². The summed E-state index contributed by atoms with van der Waals surface area (Å²) in [6, 6.07) is 9.85. The van der Waals surface area contributed by atoms with Crippen LogP contribution in [0.2, 0.25) is 5.02 Å². The van der Waals surface area contributed by atoms with Crippen molar-refractivity contribution in [1.29, 1.82) is 0 Å². The van der Waals surface area contributed by atoms with Gasteiger partial charge in [-0.1, -0.05) is 17.7 Å². The third kappa shape index (κ3) is 3.04. The molecule has 108 valence electrons. The molecule has 2 aromatic heterocycles. The number of fused-ring (bicyclic) bond motifs is 1. The molecule has 0 saturated carbocycles. The summed E-state index contributed by atoms with van der Waals surface area (Å²) in [6.45, 7) is 2.70. The predicted molar refractivity (Wildman–Crippen MR) is 87.2 cm³/mol. The van der Waals surface area contributed by atoms with Crippen LogP contribution in [0.1, 0.15) is 17.1 Å². The minimum Gasteiger partial charge on any atom is -0.323 e. The molecule has 0 aliphatic carbocycles. The number of hydrogen-bond acceptors (Lipinski definition) is 2. The molecule has 3 nitrogen and oxygen atoms in total. The lowest BCUT2D eigenvalue weighted by Crippen LogP contribution is -2.06. The molecule has 21 heavy (non-hydrogen) atoms. The van der Waals surface area contributed by atoms with Crippen LogP contribution in [-0.2, 0) is 13.0 Å². The van der Waals surface area contributed by atoms with E-state index < -0.39 is 0 Å². The van der Waals surface area contributed by atoms with Gasteiger partial charge in [0.2, 0.25) is 0 Å². The molecule has 0 aliphatic heterocycles. The van der Waals surface area contributed by atoms with E-state index in [0.29, 0.717) is 10.9 Å². The van der Waals surface area contributed by atoms with Crippen molar-refractivity contribution in [2.24, 2.45) is 0 Å². The fourth-order valence-electron chi connectivity index (χ4n) is 2.37. The van der Waals surface area contributed by atoms with E-state index in [1.54, 1.807) is 0 Å². The van der Waals surface area contributed by atoms with Crippen molar-refractivity contribution in [3.8, 4) is 0 Å². The van der Waals surface area contributed by atoms with Crippen molar-refractivity contribution in [3.05, 3.63) is 58.6 Å². The Balaban J connectivity index is 2.07. The SMILES string of the molecule is Cc1ccc(Cn2c(CCCl)nc3ccc(Cl)cc32)cn1. The molecule has 1 aromatic carbocycles. The second-order valence-corrected chi connectivity index (χ2v) is 5.81. The first-order valence-electron chi connectivity index (χ1n) is 6.79. The van der Waals surface area contributed by atoms with Gasteiger partial charge in [-0.15, -0.1) is 11.6 Å². The zero-order valence-electron chi connectivity index (χ0n) is 11.7. The fourth-order valence-corrected chi connectivity index (χ4v) is 2.71. The van der Waals surface area contributed by atoms with Crippen LogP contribution < -0.4 is 0 Å². The Morgan fingerprint density at radius 3 is 2.76 bits per heavy atom. The summed E-state index contributed by atoms with van der Waals surface area (Å²) in [7, 11) is 0. The normalized spacial score (nSPS) is 11.2. The minimum absolute atomic E-state index is 0.545. The van der Waals surface area contributed by atoms with Crippen LogP contribution in [0.4, 0.5) is 0 Å². The standard InChI is InChI=1S/C16H15Cl2N3/c1-11-2-3-12(9-19-11)10-21-15-8-13(18)4-5-14(15)20-16(21)6-7-17/h2-5,8-9H,6-7,10H2,1H3. The van der Waals surface area contributed by atoms with Gasteiger partial charge in [-0.05, 0) is 36.8 Å². The molecule has 0 N–H and O–H groups in total. The molecule has 0 spiro atoms. The van der Waals surface area contributed by atoms with Crippen LogP contribution in [0.3, 0.4) is 0 Å². The Bertz CT molecular complexity index is 763. The molecule has 0 saturated heterocycles. The van der Waals surface area contributed by atoms with E-state index in [9.17, 15) is 0 Å². The Morgan fingerprint density at radius 2 is 2.05 bits per heavy atom. The van der Waals surface area contributed by atoms with Gasteiger partial charge in [0, 0.05) is 29.2 Å². The van der Waals surface area contributed by atoms with Crippen LogP contribution in [0, 0.1) is 6.92 Å². The highest BCUT2D eigenvalue weighted by Crippen LogP contribution is 2.22. The molecule has 0 unspecified atom stereocenters. The summed E-state index contributed by atoms with van der Waals surface area (Å²) in [5, 5.41) is 0.711. The average molecular weight is 320 g/mol. The maximum atomic E-state index is 6.12. The van der Waals surface area contributed by atoms with E-state index in [1.165, 1.54) is 0 Å². The number of hydrogen-bond donors (Lipinski definition) is 0. The zero-order valence-corrected chi connectivity index (χ0v) is 13.2. The molecule has 0 fully saturated rings. The van der Waals surface area contributed by atoms with Crippen LogP contribution in [-0.4, -0.2) is 20.4 Å². The topological polar surface area (TPSA) is 30.7 Å². The van der Waals surface area contributed by atoms with Crippen LogP contribution in [0.5, 0.6) is 0 Å². The van der Waals surface area contributed by atoms with Crippen molar-refractivity contribution in [2.45, 2.75) is 19.9 Å². The number of nitrogens with zero attached hydrogens (tertiary/aromatic N) is 3. The molecule has 0 radical (unpaired) electrons. The minimum atomic E-state index is 0.545. The summed E-state index contributed by atoms with van der Waals surface area (Å²) < 4.78 is 2.16. The smallest absolute Gasteiger partial charge is 0.111 e. The molecule has 0 atom stereocenters. The van der Waals surface area contributed by atoms with Gasteiger partial charge in [0.15, 0.2) is 0 Å². The summed E-state index contributed by atoms with van der Waals surface area (Å²) in [6.07, 6.45) is 2.63. The van der Waals surface area contributed by atoms with Crippen molar-refractivity contribution < 1.29 is 0 Å². The highest BCUT2D eigenvalue weighted by atomic mass is 35.5. The van der Waals surface area contributed by atoms with E-state index in [4.69, 9.17) is 23.2 Å². The lowest BCUT2D eigenvalue weighted by Gasteiger charge is -2.09. The number of alkyl halides is 1. The summed E-state index contributed by atoms with van der Waals surface area (Å²) in [5.74, 6) is 1.52. The third-order valence-corrected chi connectivity index (χ3v) is 3.84. The maximum Gasteiger partial charge on any atom is 0.111 e. The van der Waals surface area contributed by atoms with Gasteiger partial charge >= 0.3 is 0 Å². The van der Waals surface area contributed by atoms with Crippen molar-refractivity contribution in [2.75, 3.05) is 5.88 Å². The van der Waals surface area contributed by atoms with Gasteiger partial charge in [-0.3, -0.25) is 4.98 Å². The average Bonchev–Trinajstić information content (AvgIpc) is 2.79. The zero-order chi connectivity index (χ0) is 14.8. The Morgan fingerprint density at radius 1 is 1.19 bits per heavy atom. The molecular formula is C16H15Cl2N3. The number of imidazole rings is 1. The Hall–Kier alpha value is -1.58. The third-order valence-electron chi connectivity index (χ3n) is 3.42. The molecule has 0 bridgehead atoms. The maximum absolute atomic E-state index is 6.12. The second-order valence-electron chi connectivity index (χ2n) is 4.99. The van der Waals surface area contributed by atoms with E-state index in [2.05, 4.69) is 20.6 Å². The highest BCUT2D eigenvalue weighted by Gasteiger charge is 2.11. The van der Waals surface area contributed by atoms with E-state index in [-0.39, 0.29) is 0 Å². The van der Waals surface area contributed by atoms with Gasteiger partial charge in [0.05, 0.1) is 17.6 Å². The fraction of sp³-hybridized carbons (Fsp3) is 0.250. The number of aryl methyl sites for hydroxylation is 2. The summed E-state index contributed by atoms with van der Waals surface area (Å²) in [4.78, 5) is 9.00. The monoisotopic (exact) mass is 319 g/mol. The number of halogens is 2. The molecule has 3 rings (SSSR count). The van der Waals surface area contributed by atoms with E-state index in [0.717, 1.165) is 41.1 Å².